The Morgan fingerprint density at radius 1 is 1.07 bits per heavy atom. The van der Waals surface area contributed by atoms with E-state index >= 15 is 0 Å². The molecule has 0 saturated carbocycles. The molecule has 27 heavy (non-hydrogen) atoms. The second-order valence-corrected chi connectivity index (χ2v) is 10.6. The molecule has 4 aliphatic heterocycles. The van der Waals surface area contributed by atoms with E-state index in [-0.39, 0.29) is 0 Å². The van der Waals surface area contributed by atoms with Crippen molar-refractivity contribution in [1.29, 1.82) is 0 Å². The minimum Gasteiger partial charge on any atom is -0.303 e. The highest BCUT2D eigenvalue weighted by atomic mass is 32.2. The number of likely N-dealkylation sites (tertiary alicyclic amines) is 1. The van der Waals surface area contributed by atoms with Gasteiger partial charge >= 0.3 is 0 Å². The highest BCUT2D eigenvalue weighted by Crippen LogP contribution is 2.37. The molecule has 4 fully saturated rings. The molecule has 4 aliphatic rings. The fraction of sp³-hybridized carbons (Fsp3) is 0.714. The van der Waals surface area contributed by atoms with Crippen LogP contribution < -0.4 is 4.72 Å². The molecule has 1 N–H and O–H groups in total. The van der Waals surface area contributed by atoms with Gasteiger partial charge in [0.1, 0.15) is 0 Å². The fourth-order valence-corrected chi connectivity index (χ4v) is 6.23. The first-order chi connectivity index (χ1) is 13.0. The normalized spacial score (nSPS) is 32.6. The molecule has 1 unspecified atom stereocenters. The number of nitrogens with one attached hydrogen (secondary N) is 1. The smallest absolute Gasteiger partial charge is 0.240 e. The quantitative estimate of drug-likeness (QED) is 0.809. The van der Waals surface area contributed by atoms with Crippen LogP contribution >= 0.6 is 0 Å². The first-order valence-electron chi connectivity index (χ1n) is 10.5. The van der Waals surface area contributed by atoms with Gasteiger partial charge in [-0.3, -0.25) is 4.90 Å². The largest absolute Gasteiger partial charge is 0.303 e. The molecule has 2 bridgehead atoms. The van der Waals surface area contributed by atoms with E-state index < -0.39 is 10.0 Å². The molecule has 0 aliphatic carbocycles. The van der Waals surface area contributed by atoms with Gasteiger partial charge in [-0.15, -0.1) is 0 Å². The van der Waals surface area contributed by atoms with E-state index in [1.807, 2.05) is 6.07 Å². The molecule has 6 heteroatoms. The zero-order valence-corrected chi connectivity index (χ0v) is 17.2. The third-order valence-electron chi connectivity index (χ3n) is 6.95. The summed E-state index contributed by atoms with van der Waals surface area (Å²) in [5, 5.41) is 0. The Morgan fingerprint density at radius 3 is 2.48 bits per heavy atom. The Kier molecular flexibility index (Phi) is 5.88. The van der Waals surface area contributed by atoms with Crippen LogP contribution in [0.5, 0.6) is 0 Å². The highest BCUT2D eigenvalue weighted by molar-refractivity contribution is 7.89. The number of hydrogen-bond donors (Lipinski definition) is 1. The summed E-state index contributed by atoms with van der Waals surface area (Å²) in [5.74, 6) is 2.39. The predicted molar refractivity (Wildman–Crippen MR) is 108 cm³/mol. The van der Waals surface area contributed by atoms with Crippen molar-refractivity contribution in [3.8, 4) is 0 Å². The number of nitrogens with zero attached hydrogens (tertiary/aromatic N) is 2. The summed E-state index contributed by atoms with van der Waals surface area (Å²) in [5.41, 5.74) is 0. The second kappa shape index (κ2) is 8.19. The zero-order chi connectivity index (χ0) is 18.9. The minimum absolute atomic E-state index is 0.347. The number of fused-ring (bicyclic) bond motifs is 3. The third-order valence-corrected chi connectivity index (χ3v) is 8.38. The minimum atomic E-state index is -3.40. The van der Waals surface area contributed by atoms with Crippen molar-refractivity contribution in [1.82, 2.24) is 14.5 Å². The molecule has 1 aromatic rings. The highest BCUT2D eigenvalue weighted by Gasteiger charge is 2.40. The van der Waals surface area contributed by atoms with Crippen LogP contribution in [0.2, 0.25) is 0 Å². The maximum atomic E-state index is 12.5. The Labute approximate surface area is 164 Å². The molecule has 0 spiro atoms. The van der Waals surface area contributed by atoms with E-state index in [0.29, 0.717) is 17.5 Å². The fourth-order valence-electron chi connectivity index (χ4n) is 5.13. The molecule has 0 amide bonds. The van der Waals surface area contributed by atoms with Crippen molar-refractivity contribution in [3.05, 3.63) is 30.3 Å². The molecular weight excluding hydrogens is 358 g/mol. The third kappa shape index (κ3) is 4.56. The van der Waals surface area contributed by atoms with E-state index in [1.165, 1.54) is 38.9 Å². The van der Waals surface area contributed by atoms with Crippen LogP contribution in [0.1, 0.15) is 32.6 Å². The lowest BCUT2D eigenvalue weighted by Gasteiger charge is -2.51. The number of benzene rings is 1. The average molecular weight is 392 g/mol. The van der Waals surface area contributed by atoms with Gasteiger partial charge < -0.3 is 4.90 Å². The Balaban J connectivity index is 1.30. The maximum absolute atomic E-state index is 12.5. The molecule has 1 aromatic carbocycles. The lowest BCUT2D eigenvalue weighted by molar-refractivity contribution is -0.0136. The van der Waals surface area contributed by atoms with Crippen LogP contribution in [0.25, 0.3) is 0 Å². The van der Waals surface area contributed by atoms with E-state index in [0.717, 1.165) is 37.3 Å². The first kappa shape index (κ1) is 19.4. The first-order valence-corrected chi connectivity index (χ1v) is 12.0. The molecular formula is C21H33N3O2S. The lowest BCUT2D eigenvalue weighted by Crippen LogP contribution is -2.58. The molecule has 4 heterocycles. The van der Waals surface area contributed by atoms with Gasteiger partial charge in [0.05, 0.1) is 4.90 Å². The van der Waals surface area contributed by atoms with Gasteiger partial charge in [0.25, 0.3) is 0 Å². The van der Waals surface area contributed by atoms with Crippen LogP contribution in [-0.4, -0.2) is 63.5 Å². The molecule has 4 saturated heterocycles. The van der Waals surface area contributed by atoms with Crippen LogP contribution in [0.4, 0.5) is 0 Å². The Morgan fingerprint density at radius 2 is 1.81 bits per heavy atom. The number of rotatable bonds is 6. The van der Waals surface area contributed by atoms with Gasteiger partial charge in [-0.05, 0) is 75.2 Å². The standard InChI is InChI=1S/C21H33N3O2S/c1-17-7-10-23(11-8-17)15-19-16-24-12-9-18(19)13-20(24)14-22-27(25,26)21-5-3-2-4-6-21/h2-6,17-20,22H,7-16H2,1H3/t18-,19-,20+/m0/s1. The molecule has 5 rings (SSSR count). The van der Waals surface area contributed by atoms with E-state index in [2.05, 4.69) is 21.4 Å². The summed E-state index contributed by atoms with van der Waals surface area (Å²) in [6.07, 6.45) is 5.08. The van der Waals surface area contributed by atoms with Crippen molar-refractivity contribution < 1.29 is 8.42 Å². The Hall–Kier alpha value is -0.950. The summed E-state index contributed by atoms with van der Waals surface area (Å²) in [6.45, 7) is 8.89. The average Bonchev–Trinajstić information content (AvgIpc) is 2.70. The molecule has 4 atom stereocenters. The molecule has 0 radical (unpaired) electrons. The van der Waals surface area contributed by atoms with Crippen LogP contribution in [0.3, 0.4) is 0 Å². The van der Waals surface area contributed by atoms with Crippen molar-refractivity contribution in [3.63, 3.8) is 0 Å². The SMILES string of the molecule is CC1CCN(C[C@H]2CN3CC[C@H]2C[C@@H]3CNS(=O)(=O)c2ccccc2)CC1. The summed E-state index contributed by atoms with van der Waals surface area (Å²) >= 11 is 0. The van der Waals surface area contributed by atoms with Gasteiger partial charge in [0.2, 0.25) is 10.0 Å². The maximum Gasteiger partial charge on any atom is 0.240 e. The van der Waals surface area contributed by atoms with Gasteiger partial charge in [0, 0.05) is 25.7 Å². The van der Waals surface area contributed by atoms with Gasteiger partial charge in [-0.2, -0.15) is 0 Å². The van der Waals surface area contributed by atoms with Crippen LogP contribution in [-0.2, 0) is 10.0 Å². The lowest BCUT2D eigenvalue weighted by atomic mass is 9.75. The molecule has 0 aromatic heterocycles. The van der Waals surface area contributed by atoms with Crippen molar-refractivity contribution in [2.24, 2.45) is 17.8 Å². The zero-order valence-electron chi connectivity index (χ0n) is 16.4. The number of sulfonamides is 1. The van der Waals surface area contributed by atoms with E-state index in [4.69, 9.17) is 0 Å². The second-order valence-electron chi connectivity index (χ2n) is 8.84. The topological polar surface area (TPSA) is 52.6 Å². The Bertz CT molecular complexity index is 716. The van der Waals surface area contributed by atoms with Crippen LogP contribution in [0.15, 0.2) is 35.2 Å². The van der Waals surface area contributed by atoms with Gasteiger partial charge in [0.15, 0.2) is 0 Å². The molecule has 150 valence electrons. The van der Waals surface area contributed by atoms with Crippen molar-refractivity contribution in [2.75, 3.05) is 39.3 Å². The summed E-state index contributed by atoms with van der Waals surface area (Å²) < 4.78 is 27.8. The number of hydrogen-bond acceptors (Lipinski definition) is 4. The van der Waals surface area contributed by atoms with E-state index in [1.54, 1.807) is 24.3 Å². The van der Waals surface area contributed by atoms with Crippen molar-refractivity contribution >= 4 is 10.0 Å². The monoisotopic (exact) mass is 391 g/mol. The van der Waals surface area contributed by atoms with Gasteiger partial charge in [-0.25, -0.2) is 13.1 Å². The summed E-state index contributed by atoms with van der Waals surface area (Å²) in [7, 11) is -3.40. The predicted octanol–water partition coefficient (Wildman–Crippen LogP) is 2.41. The van der Waals surface area contributed by atoms with Gasteiger partial charge in [-0.1, -0.05) is 25.1 Å². The van der Waals surface area contributed by atoms with Crippen LogP contribution in [0, 0.1) is 17.8 Å². The number of piperidine rings is 4. The van der Waals surface area contributed by atoms with Crippen molar-refractivity contribution in [2.45, 2.75) is 43.5 Å². The molecule has 5 nitrogen and oxygen atoms in total. The van der Waals surface area contributed by atoms with E-state index in [9.17, 15) is 8.42 Å². The summed E-state index contributed by atoms with van der Waals surface area (Å²) in [4.78, 5) is 5.56. The summed E-state index contributed by atoms with van der Waals surface area (Å²) in [6, 6.07) is 9.04.